The zero-order valence-corrected chi connectivity index (χ0v) is 18.1. The molecule has 0 spiro atoms. The Labute approximate surface area is 182 Å². The Morgan fingerprint density at radius 3 is 2.55 bits per heavy atom. The highest BCUT2D eigenvalue weighted by molar-refractivity contribution is 5.79. The van der Waals surface area contributed by atoms with Gasteiger partial charge in [-0.25, -0.2) is 9.67 Å². The molecule has 0 bridgehead atoms. The molecule has 8 nitrogen and oxygen atoms in total. The molecule has 4 rings (SSSR count). The van der Waals surface area contributed by atoms with Crippen LogP contribution in [0.1, 0.15) is 56.9 Å². The smallest absolute Gasteiger partial charge is 0.205 e. The quantitative estimate of drug-likeness (QED) is 0.388. The molecule has 3 heterocycles. The zero-order valence-electron chi connectivity index (χ0n) is 18.1. The monoisotopic (exact) mass is 416 g/mol. The number of nitrogens with one attached hydrogen (secondary N) is 1. The number of rotatable bonds is 10. The number of aromatic amines is 1. The van der Waals surface area contributed by atoms with Crippen molar-refractivity contribution in [2.45, 2.75) is 58.9 Å². The van der Waals surface area contributed by atoms with Crippen LogP contribution < -0.4 is 0 Å². The van der Waals surface area contributed by atoms with Gasteiger partial charge in [0.25, 0.3) is 0 Å². The highest BCUT2D eigenvalue weighted by Gasteiger charge is 2.13. The summed E-state index contributed by atoms with van der Waals surface area (Å²) in [5.41, 5.74) is 3.94. The van der Waals surface area contributed by atoms with Gasteiger partial charge in [0.05, 0.1) is 0 Å². The van der Waals surface area contributed by atoms with Crippen molar-refractivity contribution >= 4 is 0 Å². The van der Waals surface area contributed by atoms with Crippen LogP contribution in [0.5, 0.6) is 0 Å². The van der Waals surface area contributed by atoms with E-state index in [0.717, 1.165) is 59.8 Å². The fourth-order valence-corrected chi connectivity index (χ4v) is 3.63. The van der Waals surface area contributed by atoms with Crippen molar-refractivity contribution in [3.8, 4) is 22.5 Å². The topological polar surface area (TPSA) is 98.1 Å². The Bertz CT molecular complexity index is 1080. The van der Waals surface area contributed by atoms with E-state index in [9.17, 15) is 0 Å². The third-order valence-corrected chi connectivity index (χ3v) is 5.23. The summed E-state index contributed by atoms with van der Waals surface area (Å²) in [4.78, 5) is 9.51. The molecule has 0 atom stereocenters. The number of nitrogens with zero attached hydrogens (tertiary/aromatic N) is 7. The third kappa shape index (κ3) is 5.02. The first-order valence-corrected chi connectivity index (χ1v) is 11.0. The molecule has 0 fully saturated rings. The van der Waals surface area contributed by atoms with Gasteiger partial charge < -0.3 is 0 Å². The standard InChI is InChI=1S/C23H28N8/c1-3-5-8-14-31-22(25-21(28-31)9-4-2)15-18-13-12-17(16-24-18)19-10-6-7-11-20(19)23-26-29-30-27-23/h6-7,10-13,16H,3-5,8-9,14-15H2,1-2H3,(H,26,27,29,30). The molecule has 0 saturated carbocycles. The molecule has 0 amide bonds. The van der Waals surface area contributed by atoms with Gasteiger partial charge in [0.1, 0.15) is 5.82 Å². The van der Waals surface area contributed by atoms with Gasteiger partial charge in [-0.3, -0.25) is 4.98 Å². The van der Waals surface area contributed by atoms with Crippen LogP contribution >= 0.6 is 0 Å². The van der Waals surface area contributed by atoms with Crippen molar-refractivity contribution in [1.29, 1.82) is 0 Å². The van der Waals surface area contributed by atoms with Crippen molar-refractivity contribution < 1.29 is 0 Å². The lowest BCUT2D eigenvalue weighted by Gasteiger charge is -2.08. The summed E-state index contributed by atoms with van der Waals surface area (Å²) < 4.78 is 2.07. The molecule has 1 aromatic carbocycles. The van der Waals surface area contributed by atoms with Crippen LogP contribution in [0.3, 0.4) is 0 Å². The molecular formula is C23H28N8. The molecule has 1 N–H and O–H groups in total. The van der Waals surface area contributed by atoms with Gasteiger partial charge in [-0.2, -0.15) is 10.3 Å². The number of tetrazole rings is 1. The Balaban J connectivity index is 1.55. The Hall–Kier alpha value is -3.42. The second-order valence-electron chi connectivity index (χ2n) is 7.62. The lowest BCUT2D eigenvalue weighted by atomic mass is 10.0. The van der Waals surface area contributed by atoms with Crippen LogP contribution in [-0.2, 0) is 19.4 Å². The van der Waals surface area contributed by atoms with Gasteiger partial charge in [-0.15, -0.1) is 10.2 Å². The van der Waals surface area contributed by atoms with E-state index in [-0.39, 0.29) is 0 Å². The summed E-state index contributed by atoms with van der Waals surface area (Å²) in [6.07, 6.45) is 8.06. The van der Waals surface area contributed by atoms with E-state index in [1.807, 2.05) is 30.5 Å². The Morgan fingerprint density at radius 1 is 0.968 bits per heavy atom. The first-order chi connectivity index (χ1) is 15.3. The van der Waals surface area contributed by atoms with Crippen LogP contribution in [0.2, 0.25) is 0 Å². The van der Waals surface area contributed by atoms with Crippen LogP contribution in [0.25, 0.3) is 22.5 Å². The van der Waals surface area contributed by atoms with Crippen LogP contribution in [0.4, 0.5) is 0 Å². The van der Waals surface area contributed by atoms with E-state index >= 15 is 0 Å². The van der Waals surface area contributed by atoms with E-state index in [1.54, 1.807) is 0 Å². The molecule has 0 saturated heterocycles. The SMILES string of the molecule is CCCCCn1nc(CCC)nc1Cc1ccc(-c2ccccc2-c2nn[nH]n2)cn1. The average molecular weight is 417 g/mol. The van der Waals surface area contributed by atoms with Crippen molar-refractivity contribution in [1.82, 2.24) is 40.4 Å². The van der Waals surface area contributed by atoms with Crippen LogP contribution in [-0.4, -0.2) is 40.4 Å². The first-order valence-electron chi connectivity index (χ1n) is 11.0. The van der Waals surface area contributed by atoms with Gasteiger partial charge >= 0.3 is 0 Å². The molecule has 160 valence electrons. The van der Waals surface area contributed by atoms with E-state index < -0.39 is 0 Å². The predicted octanol–water partition coefficient (Wildman–Crippen LogP) is 4.25. The summed E-state index contributed by atoms with van der Waals surface area (Å²) in [5, 5.41) is 19.2. The van der Waals surface area contributed by atoms with Gasteiger partial charge in [0, 0.05) is 42.4 Å². The molecule has 0 aliphatic heterocycles. The van der Waals surface area contributed by atoms with Gasteiger partial charge in [-0.1, -0.05) is 57.0 Å². The average Bonchev–Trinajstić information content (AvgIpc) is 3.46. The van der Waals surface area contributed by atoms with Crippen LogP contribution in [0, 0.1) is 0 Å². The fourth-order valence-electron chi connectivity index (χ4n) is 3.63. The molecule has 0 aliphatic carbocycles. The van der Waals surface area contributed by atoms with E-state index in [0.29, 0.717) is 12.2 Å². The van der Waals surface area contributed by atoms with E-state index in [4.69, 9.17) is 15.1 Å². The molecule has 0 aliphatic rings. The minimum absolute atomic E-state index is 0.573. The summed E-state index contributed by atoms with van der Waals surface area (Å²) in [5.74, 6) is 2.50. The lowest BCUT2D eigenvalue weighted by Crippen LogP contribution is -2.07. The zero-order chi connectivity index (χ0) is 21.5. The molecule has 8 heteroatoms. The van der Waals surface area contributed by atoms with Crippen molar-refractivity contribution in [3.63, 3.8) is 0 Å². The fraction of sp³-hybridized carbons (Fsp3) is 0.391. The third-order valence-electron chi connectivity index (χ3n) is 5.23. The summed E-state index contributed by atoms with van der Waals surface area (Å²) in [6, 6.07) is 12.2. The number of unbranched alkanes of at least 4 members (excludes halogenated alkanes) is 2. The van der Waals surface area contributed by atoms with Gasteiger partial charge in [0.15, 0.2) is 5.82 Å². The largest absolute Gasteiger partial charge is 0.260 e. The van der Waals surface area contributed by atoms with Crippen molar-refractivity contribution in [2.24, 2.45) is 0 Å². The summed E-state index contributed by atoms with van der Waals surface area (Å²) >= 11 is 0. The lowest BCUT2D eigenvalue weighted by molar-refractivity contribution is 0.530. The molecule has 3 aromatic heterocycles. The second-order valence-corrected chi connectivity index (χ2v) is 7.62. The maximum atomic E-state index is 4.79. The molecule has 0 radical (unpaired) electrons. The summed E-state index contributed by atoms with van der Waals surface area (Å²) in [7, 11) is 0. The number of aromatic nitrogens is 8. The van der Waals surface area contributed by atoms with Gasteiger partial charge in [-0.05, 0) is 29.7 Å². The summed E-state index contributed by atoms with van der Waals surface area (Å²) in [6.45, 7) is 5.28. The van der Waals surface area contributed by atoms with E-state index in [1.165, 1.54) is 12.8 Å². The number of aryl methyl sites for hydroxylation is 2. The predicted molar refractivity (Wildman–Crippen MR) is 119 cm³/mol. The maximum absolute atomic E-state index is 4.79. The molecule has 31 heavy (non-hydrogen) atoms. The van der Waals surface area contributed by atoms with E-state index in [2.05, 4.69) is 51.3 Å². The molecule has 4 aromatic rings. The van der Waals surface area contributed by atoms with Crippen molar-refractivity contribution in [2.75, 3.05) is 0 Å². The van der Waals surface area contributed by atoms with Gasteiger partial charge in [0.2, 0.25) is 5.82 Å². The second kappa shape index (κ2) is 10.1. The molecule has 0 unspecified atom stereocenters. The molecular weight excluding hydrogens is 388 g/mol. The maximum Gasteiger partial charge on any atom is 0.205 e. The van der Waals surface area contributed by atoms with Crippen molar-refractivity contribution in [3.05, 3.63) is 59.9 Å². The number of H-pyrrole nitrogens is 1. The Morgan fingerprint density at radius 2 is 1.84 bits per heavy atom. The normalized spacial score (nSPS) is 11.2. The Kier molecular flexibility index (Phi) is 6.76. The number of pyridine rings is 1. The van der Waals surface area contributed by atoms with Crippen LogP contribution in [0.15, 0.2) is 42.6 Å². The minimum atomic E-state index is 0.573. The first kappa shape index (κ1) is 20.8. The highest BCUT2D eigenvalue weighted by atomic mass is 15.5. The number of benzene rings is 1. The number of hydrogen-bond donors (Lipinski definition) is 1. The minimum Gasteiger partial charge on any atom is -0.260 e. The highest BCUT2D eigenvalue weighted by Crippen LogP contribution is 2.29. The number of hydrogen-bond acceptors (Lipinski definition) is 6.